The third-order valence-electron chi connectivity index (χ3n) is 2.49. The van der Waals surface area contributed by atoms with E-state index in [1.807, 2.05) is 6.08 Å². The Bertz CT molecular complexity index is 127. The molecule has 0 nitrogen and oxygen atoms in total. The Morgan fingerprint density at radius 1 is 1.23 bits per heavy atom. The standard InChI is InChI=1S/C13H26/c1-6-7-9-12(2)10-8-11-13(3,4)5/h6,12H,1,7-11H2,2-5H3/t12-/m1/s1. The zero-order chi connectivity index (χ0) is 10.3. The molecule has 0 N–H and O–H groups in total. The van der Waals surface area contributed by atoms with Crippen LogP contribution in [0.15, 0.2) is 12.7 Å². The Morgan fingerprint density at radius 2 is 1.85 bits per heavy atom. The fourth-order valence-electron chi connectivity index (χ4n) is 1.53. The summed E-state index contributed by atoms with van der Waals surface area (Å²) in [5.41, 5.74) is 0.512. The van der Waals surface area contributed by atoms with Crippen LogP contribution >= 0.6 is 0 Å². The molecule has 78 valence electrons. The maximum atomic E-state index is 3.75. The molecule has 0 fully saturated rings. The summed E-state index contributed by atoms with van der Waals surface area (Å²) in [6, 6.07) is 0. The van der Waals surface area contributed by atoms with Crippen LogP contribution in [0.4, 0.5) is 0 Å². The third kappa shape index (κ3) is 9.66. The molecule has 0 aromatic rings. The highest BCUT2D eigenvalue weighted by molar-refractivity contribution is 4.69. The van der Waals surface area contributed by atoms with E-state index < -0.39 is 0 Å². The molecule has 13 heavy (non-hydrogen) atoms. The zero-order valence-electron chi connectivity index (χ0n) is 9.90. The van der Waals surface area contributed by atoms with Gasteiger partial charge in [0.15, 0.2) is 0 Å². The van der Waals surface area contributed by atoms with Gasteiger partial charge in [-0.15, -0.1) is 6.58 Å². The van der Waals surface area contributed by atoms with Crippen LogP contribution in [0.3, 0.4) is 0 Å². The average molecular weight is 182 g/mol. The molecule has 0 unspecified atom stereocenters. The Labute approximate surface area is 84.4 Å². The summed E-state index contributed by atoms with van der Waals surface area (Å²) < 4.78 is 0. The molecule has 0 aliphatic rings. The van der Waals surface area contributed by atoms with Crippen LogP contribution in [0, 0.1) is 11.3 Å². The van der Waals surface area contributed by atoms with Crippen LogP contribution in [0.1, 0.15) is 59.8 Å². The summed E-state index contributed by atoms with van der Waals surface area (Å²) in [5.74, 6) is 0.875. The van der Waals surface area contributed by atoms with Gasteiger partial charge in [0.25, 0.3) is 0 Å². The lowest BCUT2D eigenvalue weighted by atomic mass is 9.87. The summed E-state index contributed by atoms with van der Waals surface area (Å²) in [6.45, 7) is 13.1. The van der Waals surface area contributed by atoms with Crippen LogP contribution in [0.5, 0.6) is 0 Å². The summed E-state index contributed by atoms with van der Waals surface area (Å²) >= 11 is 0. The van der Waals surface area contributed by atoms with Crippen molar-refractivity contribution in [2.45, 2.75) is 59.8 Å². The Kier molecular flexibility index (Phi) is 6.11. The molecule has 0 aliphatic carbocycles. The van der Waals surface area contributed by atoms with Crippen molar-refractivity contribution in [3.63, 3.8) is 0 Å². The van der Waals surface area contributed by atoms with Crippen LogP contribution in [-0.2, 0) is 0 Å². The van der Waals surface area contributed by atoms with Crippen molar-refractivity contribution in [3.05, 3.63) is 12.7 Å². The lowest BCUT2D eigenvalue weighted by molar-refractivity contribution is 0.339. The second kappa shape index (κ2) is 6.23. The lowest BCUT2D eigenvalue weighted by Gasteiger charge is -2.19. The topological polar surface area (TPSA) is 0 Å². The van der Waals surface area contributed by atoms with Crippen molar-refractivity contribution in [2.75, 3.05) is 0 Å². The van der Waals surface area contributed by atoms with Gasteiger partial charge in [0, 0.05) is 0 Å². The van der Waals surface area contributed by atoms with Crippen molar-refractivity contribution >= 4 is 0 Å². The predicted molar refractivity (Wildman–Crippen MR) is 61.9 cm³/mol. The zero-order valence-corrected chi connectivity index (χ0v) is 9.90. The molecule has 0 radical (unpaired) electrons. The highest BCUT2D eigenvalue weighted by atomic mass is 14.2. The molecule has 0 aromatic carbocycles. The minimum absolute atomic E-state index is 0.512. The average Bonchev–Trinajstić information content (AvgIpc) is 1.98. The Hall–Kier alpha value is -0.260. The molecule has 1 atom stereocenters. The van der Waals surface area contributed by atoms with E-state index in [4.69, 9.17) is 0 Å². The van der Waals surface area contributed by atoms with Crippen LogP contribution in [0.2, 0.25) is 0 Å². The van der Waals surface area contributed by atoms with Crippen molar-refractivity contribution in [2.24, 2.45) is 11.3 Å². The quantitative estimate of drug-likeness (QED) is 0.517. The van der Waals surface area contributed by atoms with Gasteiger partial charge in [-0.05, 0) is 30.6 Å². The molecular formula is C13H26. The maximum absolute atomic E-state index is 3.75. The van der Waals surface area contributed by atoms with E-state index in [1.165, 1.54) is 32.1 Å². The molecule has 0 rings (SSSR count). The van der Waals surface area contributed by atoms with Gasteiger partial charge in [0.2, 0.25) is 0 Å². The largest absolute Gasteiger partial charge is 0.103 e. The molecule has 0 heteroatoms. The van der Waals surface area contributed by atoms with E-state index in [-0.39, 0.29) is 0 Å². The smallest absolute Gasteiger partial charge is 0.0351 e. The minimum Gasteiger partial charge on any atom is -0.103 e. The first-order chi connectivity index (χ1) is 5.95. The van der Waals surface area contributed by atoms with Gasteiger partial charge in [-0.3, -0.25) is 0 Å². The molecule has 0 saturated carbocycles. The number of hydrogen-bond acceptors (Lipinski definition) is 0. The number of hydrogen-bond donors (Lipinski definition) is 0. The van der Waals surface area contributed by atoms with Gasteiger partial charge in [-0.25, -0.2) is 0 Å². The van der Waals surface area contributed by atoms with E-state index in [2.05, 4.69) is 34.3 Å². The van der Waals surface area contributed by atoms with Crippen LogP contribution in [-0.4, -0.2) is 0 Å². The van der Waals surface area contributed by atoms with E-state index >= 15 is 0 Å². The van der Waals surface area contributed by atoms with Crippen molar-refractivity contribution < 1.29 is 0 Å². The number of rotatable bonds is 6. The van der Waals surface area contributed by atoms with Crippen molar-refractivity contribution in [1.29, 1.82) is 0 Å². The Morgan fingerprint density at radius 3 is 2.31 bits per heavy atom. The highest BCUT2D eigenvalue weighted by Crippen LogP contribution is 2.24. The normalized spacial score (nSPS) is 14.2. The fourth-order valence-corrected chi connectivity index (χ4v) is 1.53. The fraction of sp³-hybridized carbons (Fsp3) is 0.846. The van der Waals surface area contributed by atoms with Gasteiger partial charge in [-0.2, -0.15) is 0 Å². The van der Waals surface area contributed by atoms with Gasteiger partial charge in [-0.1, -0.05) is 46.6 Å². The Balaban J connectivity index is 3.36. The molecule has 0 spiro atoms. The third-order valence-corrected chi connectivity index (χ3v) is 2.49. The lowest BCUT2D eigenvalue weighted by Crippen LogP contribution is -2.05. The van der Waals surface area contributed by atoms with Gasteiger partial charge < -0.3 is 0 Å². The second-order valence-corrected chi connectivity index (χ2v) is 5.42. The van der Waals surface area contributed by atoms with Crippen molar-refractivity contribution in [1.82, 2.24) is 0 Å². The SMILES string of the molecule is C=CCC[C@@H](C)CCCC(C)(C)C. The monoisotopic (exact) mass is 182 g/mol. The molecule has 0 aromatic heterocycles. The predicted octanol–water partition coefficient (Wildman–Crippen LogP) is 4.81. The maximum Gasteiger partial charge on any atom is -0.0351 e. The van der Waals surface area contributed by atoms with E-state index in [0.717, 1.165) is 5.92 Å². The molecule has 0 saturated heterocycles. The highest BCUT2D eigenvalue weighted by Gasteiger charge is 2.10. The molecular weight excluding hydrogens is 156 g/mol. The van der Waals surface area contributed by atoms with Crippen LogP contribution in [0.25, 0.3) is 0 Å². The first-order valence-electron chi connectivity index (χ1n) is 5.56. The molecule has 0 bridgehead atoms. The van der Waals surface area contributed by atoms with E-state index in [1.54, 1.807) is 0 Å². The summed E-state index contributed by atoms with van der Waals surface area (Å²) in [4.78, 5) is 0. The van der Waals surface area contributed by atoms with Crippen LogP contribution < -0.4 is 0 Å². The summed E-state index contributed by atoms with van der Waals surface area (Å²) in [7, 11) is 0. The summed E-state index contributed by atoms with van der Waals surface area (Å²) in [6.07, 6.45) is 8.63. The first kappa shape index (κ1) is 12.7. The van der Waals surface area contributed by atoms with Gasteiger partial charge in [0.1, 0.15) is 0 Å². The van der Waals surface area contributed by atoms with Gasteiger partial charge >= 0.3 is 0 Å². The first-order valence-corrected chi connectivity index (χ1v) is 5.56. The molecule has 0 aliphatic heterocycles. The van der Waals surface area contributed by atoms with Crippen molar-refractivity contribution in [3.8, 4) is 0 Å². The minimum atomic E-state index is 0.512. The van der Waals surface area contributed by atoms with E-state index in [0.29, 0.717) is 5.41 Å². The van der Waals surface area contributed by atoms with Gasteiger partial charge in [0.05, 0.1) is 0 Å². The summed E-state index contributed by atoms with van der Waals surface area (Å²) in [5, 5.41) is 0. The molecule has 0 heterocycles. The second-order valence-electron chi connectivity index (χ2n) is 5.42. The number of allylic oxidation sites excluding steroid dienone is 1. The van der Waals surface area contributed by atoms with E-state index in [9.17, 15) is 0 Å². The molecule has 0 amide bonds.